The van der Waals surface area contributed by atoms with Gasteiger partial charge in [-0.15, -0.1) is 0 Å². The van der Waals surface area contributed by atoms with Gasteiger partial charge in [-0.05, 0) is 6.07 Å². The summed E-state index contributed by atoms with van der Waals surface area (Å²) in [6.45, 7) is -0.212. The molecule has 3 heterocycles. The molecule has 2 aromatic heterocycles. The van der Waals surface area contributed by atoms with Crippen molar-refractivity contribution in [2.45, 2.75) is 31.1 Å². The normalized spacial score (nSPS) is 25.2. The largest absolute Gasteiger partial charge is 0.394 e. The van der Waals surface area contributed by atoms with E-state index in [0.717, 1.165) is 0 Å². The van der Waals surface area contributed by atoms with Crippen molar-refractivity contribution in [2.75, 3.05) is 11.9 Å². The number of hydrogen-bond donors (Lipinski definition) is 4. The van der Waals surface area contributed by atoms with Crippen molar-refractivity contribution in [2.24, 2.45) is 0 Å². The van der Waals surface area contributed by atoms with Crippen LogP contribution in [0.4, 0.5) is 10.2 Å². The highest BCUT2D eigenvalue weighted by molar-refractivity contribution is 5.86. The monoisotopic (exact) mass is 375 g/mol. The predicted molar refractivity (Wildman–Crippen MR) is 92.1 cm³/mol. The third-order valence-corrected chi connectivity index (χ3v) is 4.55. The van der Waals surface area contributed by atoms with E-state index in [4.69, 9.17) is 4.74 Å². The molecule has 142 valence electrons. The highest BCUT2D eigenvalue weighted by atomic mass is 19.1. The van der Waals surface area contributed by atoms with E-state index < -0.39 is 31.1 Å². The second-order valence-electron chi connectivity index (χ2n) is 6.22. The van der Waals surface area contributed by atoms with Gasteiger partial charge in [0.25, 0.3) is 0 Å². The van der Waals surface area contributed by atoms with Gasteiger partial charge in [-0.3, -0.25) is 0 Å². The molecule has 1 aliphatic heterocycles. The van der Waals surface area contributed by atoms with Crippen LogP contribution in [0.2, 0.25) is 0 Å². The maximum atomic E-state index is 13.8. The zero-order chi connectivity index (χ0) is 19.0. The molecule has 0 saturated carbocycles. The van der Waals surface area contributed by atoms with Crippen LogP contribution in [0.15, 0.2) is 36.8 Å². The number of aliphatic hydroxyl groups is 3. The van der Waals surface area contributed by atoms with Gasteiger partial charge >= 0.3 is 0 Å². The number of ether oxygens (including phenoxy) is 1. The zero-order valence-electron chi connectivity index (χ0n) is 14.1. The van der Waals surface area contributed by atoms with Crippen LogP contribution in [0.1, 0.15) is 11.8 Å². The molecule has 4 atom stereocenters. The molecule has 3 aromatic rings. The molecule has 0 radical (unpaired) electrons. The van der Waals surface area contributed by atoms with Crippen molar-refractivity contribution in [3.05, 3.63) is 48.2 Å². The lowest BCUT2D eigenvalue weighted by Crippen LogP contribution is -2.33. The van der Waals surface area contributed by atoms with Crippen molar-refractivity contribution >= 4 is 16.9 Å². The van der Waals surface area contributed by atoms with Gasteiger partial charge in [0.15, 0.2) is 11.9 Å². The van der Waals surface area contributed by atoms with Crippen LogP contribution in [0.5, 0.6) is 0 Å². The minimum atomic E-state index is -1.27. The summed E-state index contributed by atoms with van der Waals surface area (Å²) in [6.07, 6.45) is -1.61. The Morgan fingerprint density at radius 1 is 1.19 bits per heavy atom. The summed E-state index contributed by atoms with van der Waals surface area (Å²) in [7, 11) is 0. The summed E-state index contributed by atoms with van der Waals surface area (Å²) >= 11 is 0. The first-order chi connectivity index (χ1) is 13.1. The first-order valence-corrected chi connectivity index (χ1v) is 8.38. The number of halogens is 1. The third kappa shape index (κ3) is 3.12. The number of hydrogen-bond acceptors (Lipinski definition) is 8. The fraction of sp³-hybridized carbons (Fsp3) is 0.353. The first-order valence-electron chi connectivity index (χ1n) is 8.38. The van der Waals surface area contributed by atoms with Crippen molar-refractivity contribution in [1.82, 2.24) is 19.7 Å². The standard InChI is InChI=1S/C17H18FN5O4/c18-11-4-2-1-3-9(11)5-19-15-10-6-22-23(16(10)21-8-20-15)17-14(26)13(25)12(7-24)27-17/h1-4,6,8,12-14,17,24-26H,5,7H2,(H,19,20,21). The fourth-order valence-electron chi connectivity index (χ4n) is 3.09. The Balaban J connectivity index is 1.61. The molecular weight excluding hydrogens is 357 g/mol. The van der Waals surface area contributed by atoms with Crippen LogP contribution in [0.25, 0.3) is 11.0 Å². The minimum absolute atomic E-state index is 0.220. The number of rotatable bonds is 5. The number of nitrogens with one attached hydrogen (secondary N) is 1. The van der Waals surface area contributed by atoms with Crippen LogP contribution in [0.3, 0.4) is 0 Å². The summed E-state index contributed by atoms with van der Waals surface area (Å²) in [5, 5.41) is 37.1. The average Bonchev–Trinajstić information content (AvgIpc) is 3.23. The summed E-state index contributed by atoms with van der Waals surface area (Å²) in [5.41, 5.74) is 0.857. The summed E-state index contributed by atoms with van der Waals surface area (Å²) in [6, 6.07) is 6.41. The molecule has 4 N–H and O–H groups in total. The third-order valence-electron chi connectivity index (χ3n) is 4.55. The van der Waals surface area contributed by atoms with Crippen LogP contribution < -0.4 is 5.32 Å². The number of aromatic nitrogens is 4. The molecule has 9 nitrogen and oxygen atoms in total. The van der Waals surface area contributed by atoms with E-state index in [9.17, 15) is 19.7 Å². The topological polar surface area (TPSA) is 126 Å². The van der Waals surface area contributed by atoms with Crippen molar-refractivity contribution in [3.8, 4) is 0 Å². The van der Waals surface area contributed by atoms with Gasteiger partial charge in [0.05, 0.1) is 18.2 Å². The van der Waals surface area contributed by atoms with E-state index in [1.165, 1.54) is 23.3 Å². The molecule has 1 saturated heterocycles. The van der Waals surface area contributed by atoms with Gasteiger partial charge in [0.2, 0.25) is 0 Å². The lowest BCUT2D eigenvalue weighted by atomic mass is 10.1. The molecule has 4 rings (SSSR count). The van der Waals surface area contributed by atoms with Gasteiger partial charge in [0.1, 0.15) is 36.3 Å². The number of nitrogens with zero attached hydrogens (tertiary/aromatic N) is 4. The van der Waals surface area contributed by atoms with Crippen LogP contribution in [-0.2, 0) is 11.3 Å². The molecule has 0 spiro atoms. The van der Waals surface area contributed by atoms with Crippen LogP contribution in [-0.4, -0.2) is 60.0 Å². The molecular formula is C17H18FN5O4. The SMILES string of the molecule is OCC1OC(n2ncc3c(NCc4ccccc4F)ncnc32)C(O)C1O. The molecule has 4 unspecified atom stereocenters. The Bertz CT molecular complexity index is 952. The Hall–Kier alpha value is -2.66. The number of anilines is 1. The Kier molecular flexibility index (Phi) is 4.70. The Morgan fingerprint density at radius 3 is 2.74 bits per heavy atom. The van der Waals surface area contributed by atoms with E-state index >= 15 is 0 Å². The predicted octanol–water partition coefficient (Wildman–Crippen LogP) is 0.189. The Morgan fingerprint density at radius 2 is 2.00 bits per heavy atom. The van der Waals surface area contributed by atoms with E-state index in [0.29, 0.717) is 22.4 Å². The van der Waals surface area contributed by atoms with Gasteiger partial charge in [-0.25, -0.2) is 19.0 Å². The van der Waals surface area contributed by atoms with Gasteiger partial charge in [-0.2, -0.15) is 5.10 Å². The Labute approximate surface area is 153 Å². The smallest absolute Gasteiger partial charge is 0.181 e. The molecule has 0 bridgehead atoms. The fourth-order valence-corrected chi connectivity index (χ4v) is 3.09. The quantitative estimate of drug-likeness (QED) is 0.498. The van der Waals surface area contributed by atoms with Gasteiger partial charge < -0.3 is 25.4 Å². The summed E-state index contributed by atoms with van der Waals surface area (Å²) in [5.74, 6) is 0.124. The maximum Gasteiger partial charge on any atom is 0.181 e. The molecule has 1 aliphatic rings. The lowest BCUT2D eigenvalue weighted by molar-refractivity contribution is -0.0566. The second kappa shape index (κ2) is 7.16. The van der Waals surface area contributed by atoms with E-state index in [-0.39, 0.29) is 12.4 Å². The van der Waals surface area contributed by atoms with Gasteiger partial charge in [-0.1, -0.05) is 18.2 Å². The van der Waals surface area contributed by atoms with E-state index in [1.54, 1.807) is 18.2 Å². The number of fused-ring (bicyclic) bond motifs is 1. The lowest BCUT2D eigenvalue weighted by Gasteiger charge is -2.15. The van der Waals surface area contributed by atoms with Crippen molar-refractivity contribution in [1.29, 1.82) is 0 Å². The number of aliphatic hydroxyl groups excluding tert-OH is 3. The molecule has 0 amide bonds. The van der Waals surface area contributed by atoms with Gasteiger partial charge in [0, 0.05) is 12.1 Å². The maximum absolute atomic E-state index is 13.8. The van der Waals surface area contributed by atoms with E-state index in [2.05, 4.69) is 20.4 Å². The highest BCUT2D eigenvalue weighted by Crippen LogP contribution is 2.31. The van der Waals surface area contributed by atoms with E-state index in [1.807, 2.05) is 0 Å². The minimum Gasteiger partial charge on any atom is -0.394 e. The molecule has 0 aliphatic carbocycles. The summed E-state index contributed by atoms with van der Waals surface area (Å²) < 4.78 is 20.6. The highest BCUT2D eigenvalue weighted by Gasteiger charge is 2.44. The molecule has 1 fully saturated rings. The first kappa shape index (κ1) is 17.7. The summed E-state index contributed by atoms with van der Waals surface area (Å²) in [4.78, 5) is 8.34. The zero-order valence-corrected chi connectivity index (χ0v) is 14.1. The van der Waals surface area contributed by atoms with Crippen LogP contribution in [0, 0.1) is 5.82 Å². The second-order valence-corrected chi connectivity index (χ2v) is 6.22. The molecule has 1 aromatic carbocycles. The van der Waals surface area contributed by atoms with Crippen LogP contribution >= 0.6 is 0 Å². The molecule has 10 heteroatoms. The molecule has 27 heavy (non-hydrogen) atoms. The average molecular weight is 375 g/mol. The number of benzene rings is 1. The van der Waals surface area contributed by atoms with Crippen molar-refractivity contribution in [3.63, 3.8) is 0 Å². The van der Waals surface area contributed by atoms with Crippen molar-refractivity contribution < 1.29 is 24.4 Å².